The van der Waals surface area contributed by atoms with E-state index >= 15 is 0 Å². The van der Waals surface area contributed by atoms with Gasteiger partial charge in [-0.2, -0.15) is 0 Å². The fraction of sp³-hybridized carbons (Fsp3) is 0.278. The van der Waals surface area contributed by atoms with Crippen LogP contribution in [0.4, 0.5) is 5.82 Å². The molecule has 0 saturated heterocycles. The first kappa shape index (κ1) is 20.6. The normalized spacial score (nSPS) is 10.4. The number of aromatic nitrogens is 2. The van der Waals surface area contributed by atoms with Gasteiger partial charge in [-0.1, -0.05) is 17.7 Å². The Morgan fingerprint density at radius 2 is 1.82 bits per heavy atom. The molecule has 0 saturated carbocycles. The lowest BCUT2D eigenvalue weighted by molar-refractivity contribution is -0.141. The lowest BCUT2D eigenvalue weighted by Crippen LogP contribution is -2.42. The molecule has 1 aromatic carbocycles. The van der Waals surface area contributed by atoms with Crippen LogP contribution in [-0.2, 0) is 23.6 Å². The topological polar surface area (TPSA) is 142 Å². The summed E-state index contributed by atoms with van der Waals surface area (Å²) in [5.74, 6) is -2.51. The van der Waals surface area contributed by atoms with E-state index < -0.39 is 47.6 Å². The molecule has 0 aliphatic carbocycles. The van der Waals surface area contributed by atoms with E-state index in [1.165, 1.54) is 14.1 Å². The van der Waals surface area contributed by atoms with Crippen LogP contribution in [0.3, 0.4) is 0 Å². The number of aryl methyl sites for hydroxylation is 1. The van der Waals surface area contributed by atoms with Crippen molar-refractivity contribution >= 4 is 23.5 Å². The quantitative estimate of drug-likeness (QED) is 0.484. The molecule has 0 unspecified atom stereocenters. The fourth-order valence-corrected chi connectivity index (χ4v) is 2.43. The number of amides is 1. The first-order valence-electron chi connectivity index (χ1n) is 8.22. The van der Waals surface area contributed by atoms with Gasteiger partial charge < -0.3 is 15.8 Å². The summed E-state index contributed by atoms with van der Waals surface area (Å²) >= 11 is 0. The van der Waals surface area contributed by atoms with Crippen molar-refractivity contribution in [1.82, 2.24) is 14.5 Å². The van der Waals surface area contributed by atoms with Crippen LogP contribution in [0.25, 0.3) is 0 Å². The van der Waals surface area contributed by atoms with E-state index in [9.17, 15) is 24.0 Å². The second-order valence-electron chi connectivity index (χ2n) is 6.10. The van der Waals surface area contributed by atoms with E-state index in [1.807, 2.05) is 13.0 Å². The molecule has 0 bridgehead atoms. The molecule has 10 heteroatoms. The molecule has 1 heterocycles. The zero-order chi connectivity index (χ0) is 21.0. The van der Waals surface area contributed by atoms with Crippen molar-refractivity contribution in [3.8, 4) is 0 Å². The van der Waals surface area contributed by atoms with Gasteiger partial charge in [-0.05, 0) is 19.1 Å². The molecule has 2 aromatic rings. The molecule has 148 valence electrons. The average molecular weight is 388 g/mol. The molecule has 0 fully saturated rings. The van der Waals surface area contributed by atoms with Crippen LogP contribution < -0.4 is 22.3 Å². The molecule has 3 N–H and O–H groups in total. The summed E-state index contributed by atoms with van der Waals surface area (Å²) in [6, 6.07) is 6.78. The van der Waals surface area contributed by atoms with Crippen LogP contribution in [0, 0.1) is 6.92 Å². The minimum absolute atomic E-state index is 0.318. The third kappa shape index (κ3) is 4.34. The number of rotatable bonds is 6. The van der Waals surface area contributed by atoms with Crippen LogP contribution in [0.5, 0.6) is 0 Å². The third-order valence-electron chi connectivity index (χ3n) is 4.03. The van der Waals surface area contributed by atoms with Gasteiger partial charge in [0.2, 0.25) is 5.78 Å². The van der Waals surface area contributed by atoms with Gasteiger partial charge in [-0.3, -0.25) is 28.3 Å². The number of Topliss-reactive ketones (excluding diaryl/α,β-unsaturated/α-hetero) is 1. The third-order valence-corrected chi connectivity index (χ3v) is 4.03. The summed E-state index contributed by atoms with van der Waals surface area (Å²) in [4.78, 5) is 59.8. The Morgan fingerprint density at radius 3 is 2.46 bits per heavy atom. The molecule has 0 radical (unpaired) electrons. The Kier molecular flexibility index (Phi) is 6.14. The number of ether oxygens (including phenoxy) is 1. The van der Waals surface area contributed by atoms with Gasteiger partial charge in [-0.15, -0.1) is 0 Å². The summed E-state index contributed by atoms with van der Waals surface area (Å²) in [7, 11) is 2.51. The summed E-state index contributed by atoms with van der Waals surface area (Å²) in [6.45, 7) is 0.615. The number of carbonyl (C=O) groups is 3. The van der Waals surface area contributed by atoms with Crippen molar-refractivity contribution in [3.05, 3.63) is 61.8 Å². The van der Waals surface area contributed by atoms with Gasteiger partial charge in [0.1, 0.15) is 17.9 Å². The maximum Gasteiger partial charge on any atom is 0.332 e. The number of nitrogen functional groups attached to an aromatic ring is 1. The summed E-state index contributed by atoms with van der Waals surface area (Å²) < 4.78 is 6.47. The SMILES string of the molecule is Cc1cccc(C(=O)NCC(=O)OCC(=O)c2c(N)n(C)c(=O)n(C)c2=O)c1. The minimum Gasteiger partial charge on any atom is -0.456 e. The number of anilines is 1. The second kappa shape index (κ2) is 8.33. The number of benzene rings is 1. The highest BCUT2D eigenvalue weighted by atomic mass is 16.5. The standard InChI is InChI=1S/C18H20N4O6/c1-10-5-4-6-11(7-10)16(25)20-8-13(24)28-9-12(23)14-15(19)21(2)18(27)22(3)17(14)26/h4-7H,8-9,19H2,1-3H3,(H,20,25). The highest BCUT2D eigenvalue weighted by molar-refractivity contribution is 6.01. The van der Waals surface area contributed by atoms with Crippen molar-refractivity contribution in [2.45, 2.75) is 6.92 Å². The van der Waals surface area contributed by atoms with Gasteiger partial charge in [0.25, 0.3) is 11.5 Å². The molecular formula is C18H20N4O6. The second-order valence-corrected chi connectivity index (χ2v) is 6.10. The average Bonchev–Trinajstić information content (AvgIpc) is 2.67. The number of nitrogens with two attached hydrogens (primary N) is 1. The zero-order valence-electron chi connectivity index (χ0n) is 15.6. The van der Waals surface area contributed by atoms with E-state index in [0.29, 0.717) is 5.56 Å². The number of hydrogen-bond donors (Lipinski definition) is 2. The van der Waals surface area contributed by atoms with E-state index in [-0.39, 0.29) is 5.82 Å². The number of ketones is 1. The van der Waals surface area contributed by atoms with Gasteiger partial charge >= 0.3 is 11.7 Å². The van der Waals surface area contributed by atoms with Crippen molar-refractivity contribution in [1.29, 1.82) is 0 Å². The number of nitrogens with zero attached hydrogens (tertiary/aromatic N) is 2. The maximum absolute atomic E-state index is 12.2. The van der Waals surface area contributed by atoms with Gasteiger partial charge in [0.05, 0.1) is 0 Å². The van der Waals surface area contributed by atoms with Crippen molar-refractivity contribution < 1.29 is 19.1 Å². The monoisotopic (exact) mass is 388 g/mol. The van der Waals surface area contributed by atoms with Crippen molar-refractivity contribution in [2.75, 3.05) is 18.9 Å². The van der Waals surface area contributed by atoms with Gasteiger partial charge in [0, 0.05) is 19.7 Å². The number of carbonyl (C=O) groups excluding carboxylic acids is 3. The highest BCUT2D eigenvalue weighted by Gasteiger charge is 2.21. The van der Waals surface area contributed by atoms with Crippen LogP contribution >= 0.6 is 0 Å². The summed E-state index contributed by atoms with van der Waals surface area (Å²) in [6.07, 6.45) is 0. The smallest absolute Gasteiger partial charge is 0.332 e. The van der Waals surface area contributed by atoms with Gasteiger partial charge in [0.15, 0.2) is 6.61 Å². The Bertz CT molecular complexity index is 1070. The minimum atomic E-state index is -0.880. The molecule has 0 spiro atoms. The highest BCUT2D eigenvalue weighted by Crippen LogP contribution is 2.05. The van der Waals surface area contributed by atoms with E-state index in [0.717, 1.165) is 14.7 Å². The molecular weight excluding hydrogens is 368 g/mol. The molecule has 1 amide bonds. The van der Waals surface area contributed by atoms with Crippen LogP contribution in [0.15, 0.2) is 33.9 Å². The molecule has 0 aliphatic rings. The fourth-order valence-electron chi connectivity index (χ4n) is 2.43. The largest absolute Gasteiger partial charge is 0.456 e. The van der Waals surface area contributed by atoms with Crippen LogP contribution in [0.1, 0.15) is 26.3 Å². The lowest BCUT2D eigenvalue weighted by Gasteiger charge is -2.11. The molecule has 1 aromatic heterocycles. The predicted molar refractivity (Wildman–Crippen MR) is 100 cm³/mol. The first-order valence-corrected chi connectivity index (χ1v) is 8.22. The summed E-state index contributed by atoms with van der Waals surface area (Å²) in [5, 5.41) is 2.38. The van der Waals surface area contributed by atoms with E-state index in [2.05, 4.69) is 5.32 Å². The Hall–Kier alpha value is -3.69. The maximum atomic E-state index is 12.2. The Labute approximate surface area is 159 Å². The van der Waals surface area contributed by atoms with Crippen molar-refractivity contribution in [2.24, 2.45) is 14.1 Å². The van der Waals surface area contributed by atoms with Crippen LogP contribution in [0.2, 0.25) is 0 Å². The molecule has 10 nitrogen and oxygen atoms in total. The predicted octanol–water partition coefficient (Wildman–Crippen LogP) is -0.869. The van der Waals surface area contributed by atoms with E-state index in [4.69, 9.17) is 10.5 Å². The molecule has 0 atom stereocenters. The van der Waals surface area contributed by atoms with Crippen molar-refractivity contribution in [3.63, 3.8) is 0 Å². The molecule has 2 rings (SSSR count). The van der Waals surface area contributed by atoms with E-state index in [1.54, 1.807) is 18.2 Å². The number of esters is 1. The van der Waals surface area contributed by atoms with Crippen LogP contribution in [-0.4, -0.2) is 39.9 Å². The lowest BCUT2D eigenvalue weighted by atomic mass is 10.1. The number of nitrogens with one attached hydrogen (secondary N) is 1. The Morgan fingerprint density at radius 1 is 1.14 bits per heavy atom. The summed E-state index contributed by atoms with van der Waals surface area (Å²) in [5.41, 5.74) is 4.92. The first-order chi connectivity index (χ1) is 13.1. The van der Waals surface area contributed by atoms with Gasteiger partial charge in [-0.25, -0.2) is 4.79 Å². The number of hydrogen-bond acceptors (Lipinski definition) is 7. The molecule has 28 heavy (non-hydrogen) atoms. The zero-order valence-corrected chi connectivity index (χ0v) is 15.6. The molecule has 0 aliphatic heterocycles. The Balaban J connectivity index is 1.98.